The van der Waals surface area contributed by atoms with Gasteiger partial charge in [-0.15, -0.1) is 0 Å². The van der Waals surface area contributed by atoms with Crippen LogP contribution in [0.5, 0.6) is 0 Å². The zero-order chi connectivity index (χ0) is 12.0. The van der Waals surface area contributed by atoms with Gasteiger partial charge >= 0.3 is 0 Å². The van der Waals surface area contributed by atoms with Crippen molar-refractivity contribution < 1.29 is 0 Å². The lowest BCUT2D eigenvalue weighted by molar-refractivity contribution is 1.35. The van der Waals surface area contributed by atoms with Gasteiger partial charge in [0.1, 0.15) is 5.82 Å². The predicted molar refractivity (Wildman–Crippen MR) is 76.1 cm³/mol. The van der Waals surface area contributed by atoms with Gasteiger partial charge in [0.05, 0.1) is 5.52 Å². The molecule has 3 heteroatoms. The van der Waals surface area contributed by atoms with Gasteiger partial charge in [-0.1, -0.05) is 40.2 Å². The zero-order valence-electron chi connectivity index (χ0n) is 9.37. The summed E-state index contributed by atoms with van der Waals surface area (Å²) in [6.45, 7) is 1.98. The monoisotopic (exact) mass is 286 g/mol. The minimum absolute atomic E-state index is 0.602. The Morgan fingerprint density at radius 3 is 2.59 bits per heavy atom. The summed E-state index contributed by atoms with van der Waals surface area (Å²) in [6.07, 6.45) is 0. The van der Waals surface area contributed by atoms with Crippen LogP contribution in [0.15, 0.2) is 40.9 Å². The Morgan fingerprint density at radius 1 is 1.12 bits per heavy atom. The van der Waals surface area contributed by atoms with E-state index in [0.717, 1.165) is 31.7 Å². The highest BCUT2D eigenvalue weighted by Crippen LogP contribution is 2.32. The number of nitrogens with zero attached hydrogens (tertiary/aromatic N) is 1. The summed E-state index contributed by atoms with van der Waals surface area (Å²) in [5, 5.41) is 3.40. The number of anilines is 1. The van der Waals surface area contributed by atoms with Crippen LogP contribution in [0.3, 0.4) is 0 Å². The number of hydrogen-bond donors (Lipinski definition) is 1. The van der Waals surface area contributed by atoms with E-state index >= 15 is 0 Å². The molecule has 2 aromatic carbocycles. The molecule has 0 spiro atoms. The minimum Gasteiger partial charge on any atom is -0.383 e. The number of pyridine rings is 1. The Balaban J connectivity index is 2.59. The number of halogens is 1. The second kappa shape index (κ2) is 3.70. The van der Waals surface area contributed by atoms with Crippen LogP contribution in [0, 0.1) is 6.92 Å². The van der Waals surface area contributed by atoms with Crippen molar-refractivity contribution in [2.75, 3.05) is 5.73 Å². The molecule has 3 aromatic rings. The van der Waals surface area contributed by atoms with Crippen LogP contribution in [0.25, 0.3) is 21.7 Å². The summed E-state index contributed by atoms with van der Waals surface area (Å²) in [5.74, 6) is 0.602. The van der Waals surface area contributed by atoms with Crippen LogP contribution < -0.4 is 5.73 Å². The number of rotatable bonds is 0. The maximum atomic E-state index is 5.89. The molecule has 1 heterocycles. The average Bonchev–Trinajstić information content (AvgIpc) is 2.32. The third-order valence-electron chi connectivity index (χ3n) is 3.00. The number of nitrogen functional groups attached to an aromatic ring is 1. The number of hydrogen-bond acceptors (Lipinski definition) is 2. The fourth-order valence-corrected chi connectivity index (χ4v) is 2.68. The van der Waals surface area contributed by atoms with E-state index in [2.05, 4.69) is 45.2 Å². The molecule has 0 radical (unpaired) electrons. The molecule has 0 amide bonds. The highest BCUT2D eigenvalue weighted by Gasteiger charge is 2.07. The maximum absolute atomic E-state index is 5.89. The summed E-state index contributed by atoms with van der Waals surface area (Å²) in [7, 11) is 0. The lowest BCUT2D eigenvalue weighted by Crippen LogP contribution is -1.95. The van der Waals surface area contributed by atoms with Crippen LogP contribution in [-0.2, 0) is 0 Å². The largest absolute Gasteiger partial charge is 0.383 e. The lowest BCUT2D eigenvalue weighted by Gasteiger charge is -2.08. The number of aromatic nitrogens is 1. The van der Waals surface area contributed by atoms with Gasteiger partial charge in [-0.2, -0.15) is 0 Å². The topological polar surface area (TPSA) is 38.9 Å². The standard InChI is InChI=1S/C14H11BrN2/c1-8-6-9-7-12(15)10-4-2-3-5-11(10)13(9)17-14(8)16/h2-7H,1H3,(H2,16,17). The van der Waals surface area contributed by atoms with E-state index in [1.54, 1.807) is 0 Å². The van der Waals surface area contributed by atoms with Gasteiger partial charge in [0.2, 0.25) is 0 Å². The van der Waals surface area contributed by atoms with Crippen LogP contribution in [0.1, 0.15) is 5.56 Å². The van der Waals surface area contributed by atoms with Gasteiger partial charge in [0.25, 0.3) is 0 Å². The smallest absolute Gasteiger partial charge is 0.127 e. The molecule has 0 unspecified atom stereocenters. The third kappa shape index (κ3) is 1.58. The van der Waals surface area contributed by atoms with Crippen molar-refractivity contribution in [1.82, 2.24) is 4.98 Å². The van der Waals surface area contributed by atoms with Crippen LogP contribution in [0.2, 0.25) is 0 Å². The SMILES string of the molecule is Cc1cc2cc(Br)c3ccccc3c2nc1N. The van der Waals surface area contributed by atoms with Crippen molar-refractivity contribution in [2.24, 2.45) is 0 Å². The van der Waals surface area contributed by atoms with Crippen molar-refractivity contribution in [3.63, 3.8) is 0 Å². The molecule has 0 aliphatic heterocycles. The van der Waals surface area contributed by atoms with Crippen molar-refractivity contribution >= 4 is 43.4 Å². The first kappa shape index (κ1) is 10.5. The van der Waals surface area contributed by atoms with Crippen molar-refractivity contribution in [2.45, 2.75) is 6.92 Å². The molecule has 3 rings (SSSR count). The van der Waals surface area contributed by atoms with Crippen LogP contribution in [-0.4, -0.2) is 4.98 Å². The summed E-state index contributed by atoms with van der Waals surface area (Å²) >= 11 is 3.60. The molecule has 17 heavy (non-hydrogen) atoms. The minimum atomic E-state index is 0.602. The number of nitrogens with two attached hydrogens (primary N) is 1. The molecule has 84 valence electrons. The van der Waals surface area contributed by atoms with E-state index in [1.807, 2.05) is 19.1 Å². The summed E-state index contributed by atoms with van der Waals surface area (Å²) < 4.78 is 1.09. The normalized spacial score (nSPS) is 11.2. The second-order valence-electron chi connectivity index (χ2n) is 4.17. The van der Waals surface area contributed by atoms with E-state index in [9.17, 15) is 0 Å². The molecule has 0 fully saturated rings. The molecule has 0 saturated carbocycles. The molecule has 1 aromatic heterocycles. The van der Waals surface area contributed by atoms with Crippen molar-refractivity contribution in [1.29, 1.82) is 0 Å². The van der Waals surface area contributed by atoms with Gasteiger partial charge in [-0.05, 0) is 30.0 Å². The Kier molecular flexibility index (Phi) is 2.30. The van der Waals surface area contributed by atoms with Gasteiger partial charge in [-0.3, -0.25) is 0 Å². The Bertz CT molecular complexity index is 735. The van der Waals surface area contributed by atoms with Gasteiger partial charge in [0.15, 0.2) is 0 Å². The Morgan fingerprint density at radius 2 is 1.82 bits per heavy atom. The Labute approximate surface area is 108 Å². The summed E-state index contributed by atoms with van der Waals surface area (Å²) in [4.78, 5) is 4.50. The van der Waals surface area contributed by atoms with E-state index < -0.39 is 0 Å². The van der Waals surface area contributed by atoms with Crippen molar-refractivity contribution in [3.05, 3.63) is 46.4 Å². The van der Waals surface area contributed by atoms with Crippen LogP contribution >= 0.6 is 15.9 Å². The number of benzene rings is 2. The summed E-state index contributed by atoms with van der Waals surface area (Å²) in [5.41, 5.74) is 7.87. The predicted octanol–water partition coefficient (Wildman–Crippen LogP) is 4.04. The highest BCUT2D eigenvalue weighted by atomic mass is 79.9. The van der Waals surface area contributed by atoms with E-state index in [0.29, 0.717) is 5.82 Å². The number of fused-ring (bicyclic) bond motifs is 3. The first-order valence-corrected chi connectivity index (χ1v) is 6.20. The molecular formula is C14H11BrN2. The van der Waals surface area contributed by atoms with E-state index in [4.69, 9.17) is 5.73 Å². The van der Waals surface area contributed by atoms with E-state index in [1.165, 1.54) is 0 Å². The molecular weight excluding hydrogens is 276 g/mol. The Hall–Kier alpha value is -1.61. The fraction of sp³-hybridized carbons (Fsp3) is 0.0714. The maximum Gasteiger partial charge on any atom is 0.127 e. The fourth-order valence-electron chi connectivity index (χ4n) is 2.09. The zero-order valence-corrected chi connectivity index (χ0v) is 11.0. The molecule has 0 aliphatic rings. The second-order valence-corrected chi connectivity index (χ2v) is 5.02. The van der Waals surface area contributed by atoms with Crippen molar-refractivity contribution in [3.8, 4) is 0 Å². The van der Waals surface area contributed by atoms with E-state index in [-0.39, 0.29) is 0 Å². The molecule has 0 bridgehead atoms. The summed E-state index contributed by atoms with van der Waals surface area (Å²) in [6, 6.07) is 12.4. The lowest BCUT2D eigenvalue weighted by atomic mass is 10.1. The van der Waals surface area contributed by atoms with Crippen LogP contribution in [0.4, 0.5) is 5.82 Å². The first-order chi connectivity index (χ1) is 8.16. The molecule has 0 saturated heterocycles. The number of aryl methyl sites for hydroxylation is 1. The molecule has 0 atom stereocenters. The average molecular weight is 287 g/mol. The quantitative estimate of drug-likeness (QED) is 0.634. The highest BCUT2D eigenvalue weighted by molar-refractivity contribution is 9.10. The molecule has 2 N–H and O–H groups in total. The van der Waals surface area contributed by atoms with Gasteiger partial charge < -0.3 is 5.73 Å². The third-order valence-corrected chi connectivity index (χ3v) is 3.66. The van der Waals surface area contributed by atoms with Gasteiger partial charge in [0, 0.05) is 15.2 Å². The first-order valence-electron chi connectivity index (χ1n) is 5.41. The van der Waals surface area contributed by atoms with Gasteiger partial charge in [-0.25, -0.2) is 4.98 Å². The molecule has 0 aliphatic carbocycles. The molecule has 2 nitrogen and oxygen atoms in total.